The van der Waals surface area contributed by atoms with Crippen LogP contribution in [0.5, 0.6) is 0 Å². The number of aliphatic hydroxyl groups is 1. The highest BCUT2D eigenvalue weighted by Gasteiger charge is 2.43. The molecule has 0 amide bonds. The van der Waals surface area contributed by atoms with Crippen LogP contribution in [0.3, 0.4) is 0 Å². The summed E-state index contributed by atoms with van der Waals surface area (Å²) >= 11 is 0. The topological polar surface area (TPSA) is 33.1 Å². The summed E-state index contributed by atoms with van der Waals surface area (Å²) in [5.41, 5.74) is -0.204. The van der Waals surface area contributed by atoms with Gasteiger partial charge in [0.05, 0.1) is 0 Å². The molecule has 1 N–H and O–H groups in total. The van der Waals surface area contributed by atoms with Gasteiger partial charge in [-0.15, -0.1) is 0 Å². The van der Waals surface area contributed by atoms with Gasteiger partial charge in [-0.2, -0.15) is 0 Å². The lowest BCUT2D eigenvalue weighted by Gasteiger charge is -2.41. The molecule has 0 bridgehead atoms. The number of aromatic nitrogens is 1. The molecule has 0 radical (unpaired) electrons. The normalized spacial score (nSPS) is 15.0. The molecule has 0 aliphatic rings. The molecule has 2 aromatic rings. The molecule has 1 aromatic heterocycles. The predicted octanol–water partition coefficient (Wildman–Crippen LogP) is 3.50. The van der Waals surface area contributed by atoms with Crippen LogP contribution in [0.2, 0.25) is 0 Å². The third kappa shape index (κ3) is 2.38. The fourth-order valence-corrected chi connectivity index (χ4v) is 2.32. The first-order valence-corrected chi connectivity index (χ1v) is 6.24. The highest BCUT2D eigenvalue weighted by atomic mass is 19.1. The molecule has 1 heterocycles. The van der Waals surface area contributed by atoms with Crippen LogP contribution < -0.4 is 0 Å². The van der Waals surface area contributed by atoms with Crippen molar-refractivity contribution in [2.75, 3.05) is 0 Å². The largest absolute Gasteiger partial charge is 0.380 e. The average Bonchev–Trinajstić information content (AvgIpc) is 2.38. The van der Waals surface area contributed by atoms with E-state index < -0.39 is 11.0 Å². The van der Waals surface area contributed by atoms with Crippen LogP contribution in [0.1, 0.15) is 31.9 Å². The van der Waals surface area contributed by atoms with Gasteiger partial charge in [0, 0.05) is 12.4 Å². The van der Waals surface area contributed by atoms with E-state index in [9.17, 15) is 9.50 Å². The van der Waals surface area contributed by atoms with Gasteiger partial charge in [-0.3, -0.25) is 4.98 Å². The maximum atomic E-state index is 13.1. The van der Waals surface area contributed by atoms with Gasteiger partial charge in [-0.1, -0.05) is 32.9 Å². The number of pyridine rings is 1. The number of benzene rings is 1. The smallest absolute Gasteiger partial charge is 0.123 e. The van der Waals surface area contributed by atoms with Crippen LogP contribution in [-0.2, 0) is 5.60 Å². The van der Waals surface area contributed by atoms with Gasteiger partial charge in [0.1, 0.15) is 11.4 Å². The third-order valence-electron chi connectivity index (χ3n) is 3.45. The van der Waals surface area contributed by atoms with Crippen LogP contribution in [0.25, 0.3) is 0 Å². The molecule has 0 spiro atoms. The molecule has 1 atom stereocenters. The zero-order chi connectivity index (χ0) is 14.1. The van der Waals surface area contributed by atoms with E-state index in [1.165, 1.54) is 12.1 Å². The minimum atomic E-state index is -1.19. The van der Waals surface area contributed by atoms with Crippen LogP contribution >= 0.6 is 0 Å². The average molecular weight is 259 g/mol. The molecule has 0 fully saturated rings. The van der Waals surface area contributed by atoms with E-state index >= 15 is 0 Å². The molecule has 2 rings (SSSR count). The summed E-state index contributed by atoms with van der Waals surface area (Å²) in [7, 11) is 0. The minimum absolute atomic E-state index is 0.310. The summed E-state index contributed by atoms with van der Waals surface area (Å²) < 4.78 is 13.1. The SMILES string of the molecule is CC(C)(C)C(O)(c1ccncc1)c1ccc(F)cc1. The molecular formula is C16H18FNO. The predicted molar refractivity (Wildman–Crippen MR) is 73.1 cm³/mol. The van der Waals surface area contributed by atoms with E-state index in [-0.39, 0.29) is 5.82 Å². The molecule has 0 saturated carbocycles. The summed E-state index contributed by atoms with van der Waals surface area (Å²) in [5.74, 6) is -0.310. The first-order chi connectivity index (χ1) is 8.85. The number of hydrogen-bond acceptors (Lipinski definition) is 2. The Kier molecular flexibility index (Phi) is 3.42. The van der Waals surface area contributed by atoms with Crippen molar-refractivity contribution in [2.24, 2.45) is 5.41 Å². The van der Waals surface area contributed by atoms with Gasteiger partial charge in [0.15, 0.2) is 0 Å². The molecule has 100 valence electrons. The van der Waals surface area contributed by atoms with Crippen LogP contribution in [-0.4, -0.2) is 10.1 Å². The maximum absolute atomic E-state index is 13.1. The second kappa shape index (κ2) is 4.74. The minimum Gasteiger partial charge on any atom is -0.380 e. The highest BCUT2D eigenvalue weighted by Crippen LogP contribution is 2.44. The number of rotatable bonds is 2. The first-order valence-electron chi connectivity index (χ1n) is 6.24. The lowest BCUT2D eigenvalue weighted by atomic mass is 9.68. The maximum Gasteiger partial charge on any atom is 0.123 e. The Balaban J connectivity index is 2.63. The summed E-state index contributed by atoms with van der Waals surface area (Å²) in [6.07, 6.45) is 3.30. The lowest BCUT2D eigenvalue weighted by molar-refractivity contribution is -0.0260. The summed E-state index contributed by atoms with van der Waals surface area (Å²) in [4.78, 5) is 3.98. The van der Waals surface area contributed by atoms with Gasteiger partial charge in [-0.25, -0.2) is 4.39 Å². The molecule has 0 aliphatic carbocycles. The lowest BCUT2D eigenvalue weighted by Crippen LogP contribution is -2.41. The Morgan fingerprint density at radius 1 is 0.895 bits per heavy atom. The molecular weight excluding hydrogens is 241 g/mol. The first kappa shape index (κ1) is 13.7. The van der Waals surface area contributed by atoms with Crippen molar-refractivity contribution in [1.29, 1.82) is 0 Å². The summed E-state index contributed by atoms with van der Waals surface area (Å²) in [6, 6.07) is 9.56. The molecule has 2 nitrogen and oxygen atoms in total. The molecule has 0 saturated heterocycles. The van der Waals surface area contributed by atoms with E-state index in [2.05, 4.69) is 4.98 Å². The highest BCUT2D eigenvalue weighted by molar-refractivity contribution is 5.37. The summed E-state index contributed by atoms with van der Waals surface area (Å²) in [6.45, 7) is 5.87. The van der Waals surface area contributed by atoms with Crippen LogP contribution in [0.4, 0.5) is 4.39 Å². The molecule has 1 unspecified atom stereocenters. The van der Waals surface area contributed by atoms with Crippen LogP contribution in [0.15, 0.2) is 48.8 Å². The Morgan fingerprint density at radius 2 is 1.37 bits per heavy atom. The van der Waals surface area contributed by atoms with Gasteiger partial charge in [0.25, 0.3) is 0 Å². The summed E-state index contributed by atoms with van der Waals surface area (Å²) in [5, 5.41) is 11.2. The molecule has 1 aromatic carbocycles. The van der Waals surface area contributed by atoms with Crippen molar-refractivity contribution in [1.82, 2.24) is 4.98 Å². The Labute approximate surface area is 112 Å². The van der Waals surface area contributed by atoms with Crippen molar-refractivity contribution in [2.45, 2.75) is 26.4 Å². The number of hydrogen-bond donors (Lipinski definition) is 1. The van der Waals surface area contributed by atoms with Gasteiger partial charge < -0.3 is 5.11 Å². The van der Waals surface area contributed by atoms with E-state index in [1.54, 1.807) is 36.7 Å². The zero-order valence-electron chi connectivity index (χ0n) is 11.4. The fourth-order valence-electron chi connectivity index (χ4n) is 2.32. The number of halogens is 1. The van der Waals surface area contributed by atoms with Gasteiger partial charge in [0.2, 0.25) is 0 Å². The molecule has 0 aliphatic heterocycles. The van der Waals surface area contributed by atoms with E-state index in [0.29, 0.717) is 5.56 Å². The Bertz CT molecular complexity index is 545. The molecule has 19 heavy (non-hydrogen) atoms. The zero-order valence-corrected chi connectivity index (χ0v) is 11.4. The monoisotopic (exact) mass is 259 g/mol. The Hall–Kier alpha value is -1.74. The second-order valence-corrected chi connectivity index (χ2v) is 5.70. The number of nitrogens with zero attached hydrogens (tertiary/aromatic N) is 1. The van der Waals surface area contributed by atoms with Gasteiger partial charge >= 0.3 is 0 Å². The quantitative estimate of drug-likeness (QED) is 0.895. The third-order valence-corrected chi connectivity index (χ3v) is 3.45. The standard InChI is InChI=1S/C16H18FNO/c1-15(2,3)16(19,13-8-10-18-11-9-13)12-4-6-14(17)7-5-12/h4-11,19H,1-3H3. The van der Waals surface area contributed by atoms with Crippen molar-refractivity contribution < 1.29 is 9.50 Å². The van der Waals surface area contributed by atoms with Crippen LogP contribution in [0, 0.1) is 11.2 Å². The van der Waals surface area contributed by atoms with Gasteiger partial charge in [-0.05, 0) is 40.8 Å². The Morgan fingerprint density at radius 3 is 1.84 bits per heavy atom. The van der Waals surface area contributed by atoms with E-state index in [0.717, 1.165) is 5.56 Å². The second-order valence-electron chi connectivity index (χ2n) is 5.70. The van der Waals surface area contributed by atoms with Crippen molar-refractivity contribution in [3.8, 4) is 0 Å². The fraction of sp³-hybridized carbons (Fsp3) is 0.312. The van der Waals surface area contributed by atoms with E-state index in [4.69, 9.17) is 0 Å². The molecule has 3 heteroatoms. The van der Waals surface area contributed by atoms with Crippen molar-refractivity contribution >= 4 is 0 Å². The van der Waals surface area contributed by atoms with E-state index in [1.807, 2.05) is 20.8 Å². The van der Waals surface area contributed by atoms with Crippen molar-refractivity contribution in [3.63, 3.8) is 0 Å². The van der Waals surface area contributed by atoms with Crippen molar-refractivity contribution in [3.05, 3.63) is 65.7 Å².